The Bertz CT molecular complexity index is 54.8. The molecule has 38 valence electrons. The van der Waals surface area contributed by atoms with E-state index in [2.05, 4.69) is 0 Å². The van der Waals surface area contributed by atoms with E-state index in [9.17, 15) is 0 Å². The Labute approximate surface area is 44.2 Å². The highest BCUT2D eigenvalue weighted by Crippen LogP contribution is 2.13. The molecule has 1 atom stereocenters. The van der Waals surface area contributed by atoms with E-state index >= 15 is 0 Å². The van der Waals surface area contributed by atoms with Crippen LogP contribution in [0.25, 0.3) is 0 Å². The van der Waals surface area contributed by atoms with Gasteiger partial charge in [0, 0.05) is 6.61 Å². The summed E-state index contributed by atoms with van der Waals surface area (Å²) < 4.78 is 4.96. The van der Waals surface area contributed by atoms with Crippen LogP contribution in [0.3, 0.4) is 0 Å². The van der Waals surface area contributed by atoms with Gasteiger partial charge in [0.25, 0.3) is 0 Å². The van der Waals surface area contributed by atoms with Crippen LogP contribution in [-0.2, 0) is 16.3 Å². The topological polar surface area (TPSA) is 9.23 Å². The van der Waals surface area contributed by atoms with Gasteiger partial charge in [0.15, 0.2) is 0 Å². The third kappa shape index (κ3) is 4.61. The fourth-order valence-electron chi connectivity index (χ4n) is 0.203. The molecule has 1 nitrogen and oxygen atoms in total. The first-order valence-corrected chi connectivity index (χ1v) is 4.95. The van der Waals surface area contributed by atoms with Crippen molar-refractivity contribution in [3.8, 4) is 0 Å². The second-order valence-electron chi connectivity index (χ2n) is 0.925. The predicted molar refractivity (Wildman–Crippen MR) is 33.2 cm³/mol. The first-order chi connectivity index (χ1) is 2.77. The van der Waals surface area contributed by atoms with Gasteiger partial charge in [-0.05, 0) is 13.6 Å². The maximum absolute atomic E-state index is 4.96. The van der Waals surface area contributed by atoms with E-state index < -0.39 is 6.92 Å². The van der Waals surface area contributed by atoms with Gasteiger partial charge in [-0.1, -0.05) is 11.8 Å². The lowest BCUT2D eigenvalue weighted by atomic mass is 10.9. The van der Waals surface area contributed by atoms with Crippen LogP contribution in [0.4, 0.5) is 0 Å². The predicted octanol–water partition coefficient (Wildman–Crippen LogP) is 1.24. The van der Waals surface area contributed by atoms with Gasteiger partial charge >= 0.3 is 0 Å². The summed E-state index contributed by atoms with van der Waals surface area (Å²) in [4.78, 5) is 0. The van der Waals surface area contributed by atoms with Crippen molar-refractivity contribution in [3.05, 3.63) is 0 Å². The highest BCUT2D eigenvalue weighted by molar-refractivity contribution is 8.02. The first kappa shape index (κ1) is 6.61. The van der Waals surface area contributed by atoms with Crippen LogP contribution < -0.4 is 0 Å². The number of rotatable bonds is 2. The molecule has 0 rings (SSSR count). The van der Waals surface area contributed by atoms with Crippen LogP contribution in [-0.4, -0.2) is 13.3 Å². The van der Waals surface area contributed by atoms with Gasteiger partial charge in [0.05, 0.1) is 6.92 Å². The van der Waals surface area contributed by atoms with Crippen molar-refractivity contribution in [2.45, 2.75) is 6.92 Å². The zero-order chi connectivity index (χ0) is 4.99. The summed E-state index contributed by atoms with van der Waals surface area (Å²) in [5, 5.41) is 0. The average Bonchev–Trinajstić information content (AvgIpc) is 1.35. The second kappa shape index (κ2) is 3.79. The third-order valence-corrected chi connectivity index (χ3v) is 1.40. The van der Waals surface area contributed by atoms with E-state index in [1.165, 1.54) is 0 Å². The van der Waals surface area contributed by atoms with E-state index in [1.807, 2.05) is 13.6 Å². The Balaban J connectivity index is 2.83. The molecule has 0 heterocycles. The lowest BCUT2D eigenvalue weighted by molar-refractivity contribution is 0.391. The van der Waals surface area contributed by atoms with Crippen molar-refractivity contribution >= 4 is 18.7 Å². The zero-order valence-electron chi connectivity index (χ0n) is 4.02. The molecule has 0 saturated carbocycles. The standard InChI is InChI=1S/C3H9OPS/c1-3-4-5(2)6/h5H,3H2,1-2H3. The fourth-order valence-corrected chi connectivity index (χ4v) is 0.963. The molecule has 0 aromatic rings. The Morgan fingerprint density at radius 1 is 1.83 bits per heavy atom. The van der Waals surface area contributed by atoms with Crippen molar-refractivity contribution in [1.82, 2.24) is 0 Å². The second-order valence-corrected chi connectivity index (χ2v) is 3.92. The Morgan fingerprint density at radius 2 is 2.33 bits per heavy atom. The van der Waals surface area contributed by atoms with Crippen LogP contribution in [0.2, 0.25) is 0 Å². The zero-order valence-corrected chi connectivity index (χ0v) is 5.84. The van der Waals surface area contributed by atoms with Gasteiger partial charge in [0.1, 0.15) is 0 Å². The quantitative estimate of drug-likeness (QED) is 0.512. The molecule has 0 aliphatic heterocycles. The molecule has 0 aliphatic rings. The molecule has 3 heteroatoms. The number of hydrogen-bond acceptors (Lipinski definition) is 2. The van der Waals surface area contributed by atoms with Gasteiger partial charge in [-0.3, -0.25) is 0 Å². The Morgan fingerprint density at radius 3 is 2.33 bits per heavy atom. The van der Waals surface area contributed by atoms with Gasteiger partial charge in [-0.15, -0.1) is 0 Å². The normalized spacial score (nSPS) is 14.3. The molecular weight excluding hydrogens is 115 g/mol. The molecule has 0 amide bonds. The van der Waals surface area contributed by atoms with Gasteiger partial charge in [-0.2, -0.15) is 0 Å². The summed E-state index contributed by atoms with van der Waals surface area (Å²) >= 11 is 4.76. The van der Waals surface area contributed by atoms with Gasteiger partial charge in [0.2, 0.25) is 0 Å². The average molecular weight is 124 g/mol. The third-order valence-electron chi connectivity index (χ3n) is 0.348. The largest absolute Gasteiger partial charge is 0.354 e. The SMILES string of the molecule is CCO[PH](C)=S. The molecule has 0 aromatic carbocycles. The van der Waals surface area contributed by atoms with Crippen molar-refractivity contribution in [2.75, 3.05) is 13.3 Å². The van der Waals surface area contributed by atoms with Crippen molar-refractivity contribution in [3.63, 3.8) is 0 Å². The van der Waals surface area contributed by atoms with E-state index in [1.54, 1.807) is 0 Å². The summed E-state index contributed by atoms with van der Waals surface area (Å²) in [6, 6.07) is 0. The lowest BCUT2D eigenvalue weighted by Crippen LogP contribution is -1.71. The van der Waals surface area contributed by atoms with E-state index in [0.29, 0.717) is 0 Å². The monoisotopic (exact) mass is 124 g/mol. The van der Waals surface area contributed by atoms with E-state index in [0.717, 1.165) is 6.61 Å². The fraction of sp³-hybridized carbons (Fsp3) is 1.00. The van der Waals surface area contributed by atoms with Gasteiger partial charge < -0.3 is 4.52 Å². The molecular formula is C3H9OPS. The molecule has 6 heavy (non-hydrogen) atoms. The molecule has 0 saturated heterocycles. The highest BCUT2D eigenvalue weighted by Gasteiger charge is 1.74. The minimum atomic E-state index is -0.802. The molecule has 0 aliphatic carbocycles. The molecule has 0 fully saturated rings. The summed E-state index contributed by atoms with van der Waals surface area (Å²) in [7, 11) is 0. The highest BCUT2D eigenvalue weighted by atomic mass is 32.4. The minimum absolute atomic E-state index is 0.772. The van der Waals surface area contributed by atoms with E-state index in [4.69, 9.17) is 16.3 Å². The van der Waals surface area contributed by atoms with Crippen LogP contribution in [0.1, 0.15) is 6.92 Å². The van der Waals surface area contributed by atoms with Crippen molar-refractivity contribution in [2.24, 2.45) is 0 Å². The molecule has 0 bridgehead atoms. The minimum Gasteiger partial charge on any atom is -0.354 e. The van der Waals surface area contributed by atoms with Crippen molar-refractivity contribution < 1.29 is 4.52 Å². The van der Waals surface area contributed by atoms with Crippen LogP contribution in [0, 0.1) is 0 Å². The lowest BCUT2D eigenvalue weighted by Gasteiger charge is -1.91. The molecule has 1 unspecified atom stereocenters. The Kier molecular flexibility index (Phi) is 4.17. The van der Waals surface area contributed by atoms with Gasteiger partial charge in [-0.25, -0.2) is 0 Å². The summed E-state index contributed by atoms with van der Waals surface area (Å²) in [6.45, 7) is 3.88. The van der Waals surface area contributed by atoms with Crippen LogP contribution >= 0.6 is 6.92 Å². The smallest absolute Gasteiger partial charge is 0.0529 e. The maximum Gasteiger partial charge on any atom is 0.0529 e. The van der Waals surface area contributed by atoms with Crippen LogP contribution in [0.15, 0.2) is 0 Å². The molecule has 0 N–H and O–H groups in total. The number of hydrogen-bond donors (Lipinski definition) is 0. The van der Waals surface area contributed by atoms with Crippen LogP contribution in [0.5, 0.6) is 0 Å². The van der Waals surface area contributed by atoms with Crippen molar-refractivity contribution in [1.29, 1.82) is 0 Å². The summed E-state index contributed by atoms with van der Waals surface area (Å²) in [6.07, 6.45) is 0. The molecule has 0 spiro atoms. The van der Waals surface area contributed by atoms with E-state index in [-0.39, 0.29) is 0 Å². The maximum atomic E-state index is 4.96. The summed E-state index contributed by atoms with van der Waals surface area (Å²) in [5.41, 5.74) is 0. The molecule has 0 radical (unpaired) electrons. The molecule has 0 aromatic heterocycles. The Hall–Kier alpha value is 0.610. The summed E-state index contributed by atoms with van der Waals surface area (Å²) in [5.74, 6) is 0. The first-order valence-electron chi connectivity index (χ1n) is 1.90.